The second-order valence-corrected chi connectivity index (χ2v) is 2.76. The lowest BCUT2D eigenvalue weighted by Gasteiger charge is -2.07. The van der Waals surface area contributed by atoms with Gasteiger partial charge in [-0.1, -0.05) is 0 Å². The molecule has 1 heterocycles. The molecular weight excluding hydrogens is 164 g/mol. The van der Waals surface area contributed by atoms with E-state index in [0.717, 1.165) is 5.69 Å². The molecule has 0 aromatic carbocycles. The Labute approximate surface area is 66.9 Å². The van der Waals surface area contributed by atoms with Crippen LogP contribution in [0.2, 0.25) is 0 Å². The molecule has 1 rings (SSSR count). The molecule has 0 fully saturated rings. The third-order valence-corrected chi connectivity index (χ3v) is 1.45. The van der Waals surface area contributed by atoms with Crippen molar-refractivity contribution in [2.24, 2.45) is 0 Å². The van der Waals surface area contributed by atoms with Crippen molar-refractivity contribution >= 4 is 16.8 Å². The van der Waals surface area contributed by atoms with E-state index in [-0.39, 0.29) is 5.88 Å². The van der Waals surface area contributed by atoms with Gasteiger partial charge in [-0.15, -0.1) is 0 Å². The molecular formula is C6H7N2O2S-. The molecule has 5 heteroatoms. The predicted octanol–water partition coefficient (Wildman–Crippen LogP) is 0.330. The van der Waals surface area contributed by atoms with Crippen molar-refractivity contribution in [3.63, 3.8) is 0 Å². The molecule has 0 saturated heterocycles. The Bertz CT molecular complexity index is 240. The van der Waals surface area contributed by atoms with Crippen LogP contribution in [0.1, 0.15) is 0 Å². The number of nitrogens with zero attached hydrogens (tertiary/aromatic N) is 1. The fraction of sp³-hybridized carbons (Fsp3) is 0.167. The largest absolute Gasteiger partial charge is 0.771 e. The molecule has 0 saturated carbocycles. The molecule has 1 N–H and O–H groups in total. The molecule has 1 unspecified atom stereocenters. The number of hydrogen-bond acceptors (Lipinski definition) is 4. The fourth-order valence-corrected chi connectivity index (χ4v) is 0.897. The average molecular weight is 171 g/mol. The van der Waals surface area contributed by atoms with Crippen molar-refractivity contribution in [2.75, 3.05) is 11.2 Å². The van der Waals surface area contributed by atoms with E-state index in [1.807, 2.05) is 0 Å². The van der Waals surface area contributed by atoms with Crippen LogP contribution >= 0.6 is 0 Å². The smallest absolute Gasteiger partial charge is 0.0777 e. The van der Waals surface area contributed by atoms with E-state index < -0.39 is 11.1 Å². The summed E-state index contributed by atoms with van der Waals surface area (Å²) in [4.78, 5) is 3.78. The summed E-state index contributed by atoms with van der Waals surface area (Å²) in [6.07, 6.45) is 3.19. The van der Waals surface area contributed by atoms with Crippen LogP contribution in [-0.4, -0.2) is 19.6 Å². The van der Waals surface area contributed by atoms with Crippen molar-refractivity contribution in [3.8, 4) is 0 Å². The zero-order valence-corrected chi connectivity index (χ0v) is 6.50. The van der Waals surface area contributed by atoms with Gasteiger partial charge in [0.2, 0.25) is 0 Å². The first-order chi connectivity index (χ1) is 5.29. The molecule has 0 spiro atoms. The summed E-state index contributed by atoms with van der Waals surface area (Å²) in [7, 11) is 0. The maximum absolute atomic E-state index is 10.1. The van der Waals surface area contributed by atoms with Gasteiger partial charge in [0.1, 0.15) is 0 Å². The lowest BCUT2D eigenvalue weighted by molar-refractivity contribution is 0.539. The highest BCUT2D eigenvalue weighted by atomic mass is 32.2. The molecule has 0 bridgehead atoms. The highest BCUT2D eigenvalue weighted by molar-refractivity contribution is 7.79. The molecule has 0 amide bonds. The first-order valence-corrected chi connectivity index (χ1v) is 4.23. The SMILES string of the molecule is O=S([O-])CNc1ccncc1. The molecule has 0 aliphatic rings. The van der Waals surface area contributed by atoms with Crippen LogP contribution in [0.4, 0.5) is 5.69 Å². The minimum absolute atomic E-state index is 0.0655. The third-order valence-electron chi connectivity index (χ3n) is 1.07. The van der Waals surface area contributed by atoms with Crippen LogP contribution in [-0.2, 0) is 11.1 Å². The van der Waals surface area contributed by atoms with E-state index in [4.69, 9.17) is 0 Å². The molecule has 0 aliphatic carbocycles. The Kier molecular flexibility index (Phi) is 3.00. The molecule has 4 nitrogen and oxygen atoms in total. The van der Waals surface area contributed by atoms with Gasteiger partial charge >= 0.3 is 0 Å². The highest BCUT2D eigenvalue weighted by Crippen LogP contribution is 2.01. The molecule has 0 aliphatic heterocycles. The van der Waals surface area contributed by atoms with Crippen molar-refractivity contribution in [2.45, 2.75) is 0 Å². The Morgan fingerprint density at radius 3 is 2.73 bits per heavy atom. The van der Waals surface area contributed by atoms with Gasteiger partial charge in [0, 0.05) is 18.1 Å². The third kappa shape index (κ3) is 3.10. The summed E-state index contributed by atoms with van der Waals surface area (Å²) >= 11 is -2.05. The molecule has 11 heavy (non-hydrogen) atoms. The fourth-order valence-electron chi connectivity index (χ4n) is 0.612. The van der Waals surface area contributed by atoms with Crippen molar-refractivity contribution in [1.29, 1.82) is 0 Å². The highest BCUT2D eigenvalue weighted by Gasteiger charge is 1.86. The van der Waals surface area contributed by atoms with E-state index in [1.54, 1.807) is 24.5 Å². The van der Waals surface area contributed by atoms with Crippen LogP contribution in [0.3, 0.4) is 0 Å². The summed E-state index contributed by atoms with van der Waals surface area (Å²) in [5.41, 5.74) is 0.754. The molecule has 60 valence electrons. The number of rotatable bonds is 3. The normalized spacial score (nSPS) is 12.5. The summed E-state index contributed by atoms with van der Waals surface area (Å²) in [6.45, 7) is 0. The van der Waals surface area contributed by atoms with Gasteiger partial charge < -0.3 is 9.87 Å². The Balaban J connectivity index is 2.45. The van der Waals surface area contributed by atoms with Gasteiger partial charge in [0.25, 0.3) is 0 Å². The number of anilines is 1. The van der Waals surface area contributed by atoms with E-state index in [9.17, 15) is 8.76 Å². The van der Waals surface area contributed by atoms with Gasteiger partial charge in [-0.3, -0.25) is 9.19 Å². The monoisotopic (exact) mass is 171 g/mol. The van der Waals surface area contributed by atoms with Crippen LogP contribution in [0, 0.1) is 0 Å². The van der Waals surface area contributed by atoms with E-state index in [0.29, 0.717) is 0 Å². The zero-order valence-electron chi connectivity index (χ0n) is 5.69. The first kappa shape index (κ1) is 8.16. The Hall–Kier alpha value is -0.940. The average Bonchev–Trinajstić information content (AvgIpc) is 2.03. The van der Waals surface area contributed by atoms with Crippen molar-refractivity contribution in [1.82, 2.24) is 4.98 Å². The van der Waals surface area contributed by atoms with Gasteiger partial charge in [-0.2, -0.15) is 0 Å². The maximum Gasteiger partial charge on any atom is 0.0777 e. The lowest BCUT2D eigenvalue weighted by Crippen LogP contribution is -2.06. The minimum Gasteiger partial charge on any atom is -0.771 e. The standard InChI is InChI=1S/C6H8N2O2S/c9-11(10)5-8-6-1-3-7-4-2-6/h1-4H,5H2,(H,7,8)(H,9,10)/p-1. The quantitative estimate of drug-likeness (QED) is 0.665. The number of aromatic nitrogens is 1. The van der Waals surface area contributed by atoms with E-state index in [2.05, 4.69) is 10.3 Å². The second kappa shape index (κ2) is 4.05. The number of hydrogen-bond donors (Lipinski definition) is 1. The van der Waals surface area contributed by atoms with Gasteiger partial charge in [-0.25, -0.2) is 0 Å². The minimum atomic E-state index is -2.05. The van der Waals surface area contributed by atoms with Crippen molar-refractivity contribution in [3.05, 3.63) is 24.5 Å². The first-order valence-electron chi connectivity index (χ1n) is 2.99. The lowest BCUT2D eigenvalue weighted by atomic mass is 10.4. The predicted molar refractivity (Wildman–Crippen MR) is 41.6 cm³/mol. The number of pyridine rings is 1. The molecule has 1 aromatic heterocycles. The van der Waals surface area contributed by atoms with Crippen LogP contribution in [0.5, 0.6) is 0 Å². The maximum atomic E-state index is 10.1. The second-order valence-electron chi connectivity index (χ2n) is 1.86. The van der Waals surface area contributed by atoms with Crippen LogP contribution in [0.25, 0.3) is 0 Å². The molecule has 1 aromatic rings. The summed E-state index contributed by atoms with van der Waals surface area (Å²) in [5.74, 6) is -0.0655. The Morgan fingerprint density at radius 1 is 1.55 bits per heavy atom. The van der Waals surface area contributed by atoms with Gasteiger partial charge in [0.15, 0.2) is 0 Å². The van der Waals surface area contributed by atoms with Gasteiger partial charge in [0.05, 0.1) is 5.88 Å². The van der Waals surface area contributed by atoms with E-state index in [1.165, 1.54) is 0 Å². The Morgan fingerprint density at radius 2 is 2.18 bits per heavy atom. The zero-order chi connectivity index (χ0) is 8.10. The summed E-state index contributed by atoms with van der Waals surface area (Å²) in [5, 5.41) is 2.69. The van der Waals surface area contributed by atoms with Gasteiger partial charge in [-0.05, 0) is 23.2 Å². The topological polar surface area (TPSA) is 65.0 Å². The number of nitrogens with one attached hydrogen (secondary N) is 1. The molecule has 0 radical (unpaired) electrons. The van der Waals surface area contributed by atoms with Crippen molar-refractivity contribution < 1.29 is 8.76 Å². The van der Waals surface area contributed by atoms with E-state index >= 15 is 0 Å². The summed E-state index contributed by atoms with van der Waals surface area (Å²) < 4.78 is 20.2. The van der Waals surface area contributed by atoms with Crippen LogP contribution in [0.15, 0.2) is 24.5 Å². The summed E-state index contributed by atoms with van der Waals surface area (Å²) in [6, 6.07) is 3.40. The molecule has 1 atom stereocenters. The van der Waals surface area contributed by atoms with Crippen LogP contribution < -0.4 is 5.32 Å².